The van der Waals surface area contributed by atoms with Crippen LogP contribution in [0.3, 0.4) is 0 Å². The number of aromatic nitrogens is 4. The molecule has 0 saturated heterocycles. The second-order valence-electron chi connectivity index (χ2n) is 4.36. The van der Waals surface area contributed by atoms with E-state index in [2.05, 4.69) is 20.6 Å². The Kier molecular flexibility index (Phi) is 3.08. The highest BCUT2D eigenvalue weighted by molar-refractivity contribution is 6.01. The molecule has 0 atom stereocenters. The van der Waals surface area contributed by atoms with Gasteiger partial charge in [-0.05, 0) is 25.1 Å². The molecule has 0 aliphatic heterocycles. The molecule has 0 aliphatic carbocycles. The number of hydrogen-bond acceptors (Lipinski definition) is 4. The third-order valence-corrected chi connectivity index (χ3v) is 2.71. The van der Waals surface area contributed by atoms with Crippen molar-refractivity contribution in [2.24, 2.45) is 0 Å². The van der Waals surface area contributed by atoms with E-state index in [1.54, 1.807) is 29.1 Å². The molecule has 0 fully saturated rings. The van der Waals surface area contributed by atoms with Gasteiger partial charge >= 0.3 is 0 Å². The molecule has 2 N–H and O–H groups in total. The Morgan fingerprint density at radius 2 is 2.40 bits per heavy atom. The van der Waals surface area contributed by atoms with Gasteiger partial charge in [-0.2, -0.15) is 10.2 Å². The lowest BCUT2D eigenvalue weighted by Crippen LogP contribution is -2.11. The second kappa shape index (κ2) is 5.04. The van der Waals surface area contributed by atoms with Gasteiger partial charge in [0.05, 0.1) is 6.54 Å². The van der Waals surface area contributed by atoms with Crippen molar-refractivity contribution in [2.75, 3.05) is 5.32 Å². The minimum Gasteiger partial charge on any atom is -0.454 e. The van der Waals surface area contributed by atoms with Crippen molar-refractivity contribution in [3.63, 3.8) is 0 Å². The topological polar surface area (TPSA) is 88.7 Å². The summed E-state index contributed by atoms with van der Waals surface area (Å²) in [6, 6.07) is 6.96. The maximum Gasteiger partial charge on any atom is 0.292 e. The molecule has 0 radical (unpaired) electrons. The van der Waals surface area contributed by atoms with Crippen LogP contribution in [0, 0.1) is 6.92 Å². The number of nitrogens with one attached hydrogen (secondary N) is 2. The SMILES string of the molecule is Cc1cc(NC(=O)c2ccc(Cn3cccn3)o2)n[nH]1. The number of anilines is 1. The van der Waals surface area contributed by atoms with Crippen molar-refractivity contribution in [1.29, 1.82) is 0 Å². The van der Waals surface area contributed by atoms with Crippen LogP contribution in [-0.4, -0.2) is 25.9 Å². The number of carbonyl (C=O) groups is 1. The van der Waals surface area contributed by atoms with Crippen molar-refractivity contribution < 1.29 is 9.21 Å². The molecule has 7 heteroatoms. The monoisotopic (exact) mass is 271 g/mol. The molecule has 3 aromatic heterocycles. The fourth-order valence-electron chi connectivity index (χ4n) is 1.80. The zero-order valence-corrected chi connectivity index (χ0v) is 10.8. The average molecular weight is 271 g/mol. The Morgan fingerprint density at radius 1 is 1.50 bits per heavy atom. The minimum atomic E-state index is -0.330. The lowest BCUT2D eigenvalue weighted by molar-refractivity contribution is 0.0994. The molecule has 3 rings (SSSR count). The van der Waals surface area contributed by atoms with Crippen LogP contribution in [0.1, 0.15) is 22.0 Å². The Hall–Kier alpha value is -2.83. The molecule has 0 saturated carbocycles. The predicted octanol–water partition coefficient (Wildman–Crippen LogP) is 1.81. The minimum absolute atomic E-state index is 0.243. The number of aromatic amines is 1. The summed E-state index contributed by atoms with van der Waals surface area (Å²) in [5.41, 5.74) is 0.874. The summed E-state index contributed by atoms with van der Waals surface area (Å²) in [4.78, 5) is 12.0. The molecule has 0 aromatic carbocycles. The number of H-pyrrole nitrogens is 1. The zero-order chi connectivity index (χ0) is 13.9. The number of amides is 1. The molecule has 0 aliphatic rings. The largest absolute Gasteiger partial charge is 0.454 e. The Labute approximate surface area is 114 Å². The van der Waals surface area contributed by atoms with Crippen molar-refractivity contribution in [2.45, 2.75) is 13.5 Å². The normalized spacial score (nSPS) is 10.7. The van der Waals surface area contributed by atoms with Gasteiger partial charge in [-0.3, -0.25) is 14.6 Å². The second-order valence-corrected chi connectivity index (χ2v) is 4.36. The van der Waals surface area contributed by atoms with Crippen LogP contribution in [0.4, 0.5) is 5.82 Å². The lowest BCUT2D eigenvalue weighted by Gasteiger charge is -1.99. The van der Waals surface area contributed by atoms with Crippen molar-refractivity contribution in [3.05, 3.63) is 53.9 Å². The average Bonchev–Trinajstić information content (AvgIpc) is 3.12. The third-order valence-electron chi connectivity index (χ3n) is 2.71. The van der Waals surface area contributed by atoms with Crippen LogP contribution in [0.15, 0.2) is 41.1 Å². The zero-order valence-electron chi connectivity index (χ0n) is 10.8. The number of aryl methyl sites for hydroxylation is 1. The molecule has 1 amide bonds. The van der Waals surface area contributed by atoms with Gasteiger partial charge in [-0.15, -0.1) is 0 Å². The van der Waals surface area contributed by atoms with Gasteiger partial charge in [-0.25, -0.2) is 0 Å². The molecule has 3 aromatic rings. The van der Waals surface area contributed by atoms with E-state index in [9.17, 15) is 4.79 Å². The number of nitrogens with zero attached hydrogens (tertiary/aromatic N) is 3. The van der Waals surface area contributed by atoms with Crippen molar-refractivity contribution in [1.82, 2.24) is 20.0 Å². The van der Waals surface area contributed by atoms with Gasteiger partial charge in [-0.1, -0.05) is 0 Å². The fourth-order valence-corrected chi connectivity index (χ4v) is 1.80. The summed E-state index contributed by atoms with van der Waals surface area (Å²) < 4.78 is 7.21. The standard InChI is InChI=1S/C13H13N5O2/c1-9-7-12(17-16-9)15-13(19)11-4-3-10(20-11)8-18-6-2-5-14-18/h2-7H,8H2,1H3,(H2,15,16,17,19). The van der Waals surface area contributed by atoms with E-state index in [1.165, 1.54) is 0 Å². The molecule has 7 nitrogen and oxygen atoms in total. The summed E-state index contributed by atoms with van der Waals surface area (Å²) >= 11 is 0. The van der Waals surface area contributed by atoms with Gasteiger partial charge in [0.2, 0.25) is 0 Å². The van der Waals surface area contributed by atoms with E-state index >= 15 is 0 Å². The molecule has 0 spiro atoms. The van der Waals surface area contributed by atoms with E-state index in [-0.39, 0.29) is 11.7 Å². The summed E-state index contributed by atoms with van der Waals surface area (Å²) in [5, 5.41) is 13.4. The fraction of sp³-hybridized carbons (Fsp3) is 0.154. The first-order valence-electron chi connectivity index (χ1n) is 6.10. The molecule has 0 bridgehead atoms. The summed E-state index contributed by atoms with van der Waals surface area (Å²) in [6.07, 6.45) is 3.52. The van der Waals surface area contributed by atoms with Crippen molar-refractivity contribution >= 4 is 11.7 Å². The highest BCUT2D eigenvalue weighted by atomic mass is 16.4. The summed E-state index contributed by atoms with van der Waals surface area (Å²) in [7, 11) is 0. The molecule has 20 heavy (non-hydrogen) atoms. The number of furan rings is 1. The van der Waals surface area contributed by atoms with E-state index in [0.29, 0.717) is 18.1 Å². The lowest BCUT2D eigenvalue weighted by atomic mass is 10.4. The smallest absolute Gasteiger partial charge is 0.292 e. The van der Waals surface area contributed by atoms with Gasteiger partial charge in [0, 0.05) is 24.2 Å². The van der Waals surface area contributed by atoms with Crippen LogP contribution >= 0.6 is 0 Å². The number of hydrogen-bond donors (Lipinski definition) is 2. The Morgan fingerprint density at radius 3 is 3.10 bits per heavy atom. The van der Waals surface area contributed by atoms with Gasteiger partial charge < -0.3 is 9.73 Å². The quantitative estimate of drug-likeness (QED) is 0.757. The van der Waals surface area contributed by atoms with Crippen LogP contribution in [0.25, 0.3) is 0 Å². The van der Waals surface area contributed by atoms with Gasteiger partial charge in [0.25, 0.3) is 5.91 Å². The summed E-state index contributed by atoms with van der Waals surface area (Å²) in [6.45, 7) is 2.35. The molecular weight excluding hydrogens is 258 g/mol. The van der Waals surface area contributed by atoms with E-state index in [4.69, 9.17) is 4.42 Å². The molecular formula is C13H13N5O2. The number of carbonyl (C=O) groups excluding carboxylic acids is 1. The van der Waals surface area contributed by atoms with Gasteiger partial charge in [0.15, 0.2) is 11.6 Å². The molecule has 102 valence electrons. The third kappa shape index (κ3) is 2.61. The van der Waals surface area contributed by atoms with E-state index in [0.717, 1.165) is 5.69 Å². The van der Waals surface area contributed by atoms with Gasteiger partial charge in [0.1, 0.15) is 5.76 Å². The van der Waals surface area contributed by atoms with E-state index in [1.807, 2.05) is 19.2 Å². The van der Waals surface area contributed by atoms with Crippen LogP contribution in [-0.2, 0) is 6.54 Å². The van der Waals surface area contributed by atoms with Crippen molar-refractivity contribution in [3.8, 4) is 0 Å². The van der Waals surface area contributed by atoms with Crippen LogP contribution < -0.4 is 5.32 Å². The van der Waals surface area contributed by atoms with E-state index < -0.39 is 0 Å². The first-order valence-corrected chi connectivity index (χ1v) is 6.10. The highest BCUT2D eigenvalue weighted by Gasteiger charge is 2.13. The van der Waals surface area contributed by atoms with Crippen LogP contribution in [0.2, 0.25) is 0 Å². The Balaban J connectivity index is 1.68. The summed E-state index contributed by atoms with van der Waals surface area (Å²) in [5.74, 6) is 1.05. The maximum absolute atomic E-state index is 12.0. The Bertz CT molecular complexity index is 711. The molecule has 0 unspecified atom stereocenters. The van der Waals surface area contributed by atoms with Crippen LogP contribution in [0.5, 0.6) is 0 Å². The predicted molar refractivity (Wildman–Crippen MR) is 71.3 cm³/mol. The highest BCUT2D eigenvalue weighted by Crippen LogP contribution is 2.12. The first-order chi connectivity index (χ1) is 9.70. The maximum atomic E-state index is 12.0. The first kappa shape index (κ1) is 12.2. The number of rotatable bonds is 4. The molecule has 3 heterocycles.